The Kier molecular flexibility index (Phi) is 9.07. The molecule has 2 N–H and O–H groups in total. The molecule has 2 atom stereocenters. The zero-order valence-electron chi connectivity index (χ0n) is 24.3. The normalized spacial score (nSPS) is 17.5. The fourth-order valence-corrected chi connectivity index (χ4v) is 5.33. The van der Waals surface area contributed by atoms with E-state index in [1.807, 2.05) is 6.07 Å². The monoisotopic (exact) mass is 605 g/mol. The molecule has 11 nitrogen and oxygen atoms in total. The van der Waals surface area contributed by atoms with E-state index in [4.69, 9.17) is 9.47 Å². The van der Waals surface area contributed by atoms with Crippen LogP contribution in [0, 0.1) is 0 Å². The number of hydrogen-bond donors (Lipinski definition) is 2. The lowest BCUT2D eigenvalue weighted by molar-refractivity contribution is -0.148. The van der Waals surface area contributed by atoms with Gasteiger partial charge in [-0.25, -0.2) is 9.78 Å². The molecule has 0 spiro atoms. The van der Waals surface area contributed by atoms with Crippen LogP contribution in [0.3, 0.4) is 0 Å². The molecule has 1 aliphatic heterocycles. The molecular weight excluding hydrogens is 570 g/mol. The highest BCUT2D eigenvalue weighted by Gasteiger charge is 2.41. The Morgan fingerprint density at radius 3 is 2.42 bits per heavy atom. The minimum absolute atomic E-state index is 0.0394. The number of aromatic nitrogens is 1. The van der Waals surface area contributed by atoms with E-state index in [2.05, 4.69) is 15.6 Å². The zero-order chi connectivity index (χ0) is 30.6. The Balaban J connectivity index is 1.42. The molecule has 1 aromatic heterocycles. The van der Waals surface area contributed by atoms with E-state index < -0.39 is 35.6 Å². The molecule has 2 heterocycles. The number of nitrogens with zero attached hydrogens (tertiary/aromatic N) is 3. The van der Waals surface area contributed by atoms with Gasteiger partial charge in [-0.2, -0.15) is 0 Å². The first-order valence-electron chi connectivity index (χ1n) is 14.2. The SMILES string of the molecule is CC(C)(C)OC(=O)NC(C(=O)N1CCOCC1C(=O)N(c1ccc(C(=O)NC2CC2)cc1)c1nccs1)c1ccccc1. The van der Waals surface area contributed by atoms with Gasteiger partial charge in [-0.3, -0.25) is 19.3 Å². The van der Waals surface area contributed by atoms with Crippen LogP contribution < -0.4 is 15.5 Å². The van der Waals surface area contributed by atoms with Gasteiger partial charge in [0.1, 0.15) is 17.7 Å². The maximum absolute atomic E-state index is 14.3. The molecule has 3 aromatic rings. The number of carbonyl (C=O) groups excluding carboxylic acids is 4. The maximum atomic E-state index is 14.3. The first kappa shape index (κ1) is 30.2. The number of nitrogens with one attached hydrogen (secondary N) is 2. The molecule has 0 bridgehead atoms. The Bertz CT molecular complexity index is 1440. The summed E-state index contributed by atoms with van der Waals surface area (Å²) in [6, 6.07) is 13.7. The quantitative estimate of drug-likeness (QED) is 0.394. The van der Waals surface area contributed by atoms with Crippen LogP contribution in [0.4, 0.5) is 15.6 Å². The predicted octanol–water partition coefficient (Wildman–Crippen LogP) is 4.19. The third kappa shape index (κ3) is 7.57. The molecule has 2 aromatic carbocycles. The average molecular weight is 606 g/mol. The summed E-state index contributed by atoms with van der Waals surface area (Å²) in [7, 11) is 0. The summed E-state index contributed by atoms with van der Waals surface area (Å²) >= 11 is 1.27. The number of morpholine rings is 1. The van der Waals surface area contributed by atoms with Crippen molar-refractivity contribution in [2.75, 3.05) is 24.7 Å². The van der Waals surface area contributed by atoms with Crippen molar-refractivity contribution in [2.45, 2.75) is 57.3 Å². The predicted molar refractivity (Wildman–Crippen MR) is 161 cm³/mol. The van der Waals surface area contributed by atoms with Crippen molar-refractivity contribution in [1.29, 1.82) is 0 Å². The van der Waals surface area contributed by atoms with Gasteiger partial charge in [-0.15, -0.1) is 11.3 Å². The van der Waals surface area contributed by atoms with E-state index in [9.17, 15) is 19.2 Å². The highest BCUT2D eigenvalue weighted by atomic mass is 32.1. The van der Waals surface area contributed by atoms with Crippen molar-refractivity contribution < 1.29 is 28.7 Å². The van der Waals surface area contributed by atoms with Crippen LogP contribution in [0.1, 0.15) is 55.6 Å². The fourth-order valence-electron chi connectivity index (χ4n) is 4.66. The van der Waals surface area contributed by atoms with E-state index in [1.165, 1.54) is 21.1 Å². The summed E-state index contributed by atoms with van der Waals surface area (Å²) in [5.74, 6) is -1.06. The van der Waals surface area contributed by atoms with E-state index in [1.54, 1.807) is 80.9 Å². The summed E-state index contributed by atoms with van der Waals surface area (Å²) < 4.78 is 11.1. The second-order valence-corrected chi connectivity index (χ2v) is 12.3. The number of anilines is 2. The summed E-state index contributed by atoms with van der Waals surface area (Å²) in [5, 5.41) is 7.82. The second kappa shape index (κ2) is 12.9. The number of carbonyl (C=O) groups is 4. The summed E-state index contributed by atoms with van der Waals surface area (Å²) in [6.07, 6.45) is 2.80. The molecule has 1 aliphatic carbocycles. The molecule has 2 aliphatic rings. The molecule has 2 fully saturated rings. The van der Waals surface area contributed by atoms with Crippen molar-refractivity contribution in [3.63, 3.8) is 0 Å². The lowest BCUT2D eigenvalue weighted by atomic mass is 10.0. The van der Waals surface area contributed by atoms with Crippen LogP contribution in [-0.4, -0.2) is 71.1 Å². The molecule has 4 amide bonds. The van der Waals surface area contributed by atoms with Crippen LogP contribution in [0.25, 0.3) is 0 Å². The third-order valence-corrected chi connectivity index (χ3v) is 7.63. The minimum Gasteiger partial charge on any atom is -0.444 e. The highest BCUT2D eigenvalue weighted by Crippen LogP contribution is 2.31. The molecule has 12 heteroatoms. The molecule has 5 rings (SSSR count). The summed E-state index contributed by atoms with van der Waals surface area (Å²) in [6.45, 7) is 5.54. The van der Waals surface area contributed by atoms with E-state index in [0.29, 0.717) is 21.9 Å². The van der Waals surface area contributed by atoms with Gasteiger partial charge in [0.15, 0.2) is 5.13 Å². The minimum atomic E-state index is -1.10. The van der Waals surface area contributed by atoms with E-state index in [-0.39, 0.29) is 31.7 Å². The van der Waals surface area contributed by atoms with Crippen molar-refractivity contribution in [3.8, 4) is 0 Å². The molecule has 1 saturated carbocycles. The van der Waals surface area contributed by atoms with Crippen LogP contribution in [0.5, 0.6) is 0 Å². The van der Waals surface area contributed by atoms with Gasteiger partial charge in [-0.05, 0) is 63.4 Å². The fraction of sp³-hybridized carbons (Fsp3) is 0.387. The number of thiazole rings is 1. The molecule has 2 unspecified atom stereocenters. The van der Waals surface area contributed by atoms with Crippen molar-refractivity contribution in [2.24, 2.45) is 0 Å². The number of amides is 4. The first-order valence-corrected chi connectivity index (χ1v) is 15.1. The second-order valence-electron chi connectivity index (χ2n) is 11.4. The molecule has 226 valence electrons. The highest BCUT2D eigenvalue weighted by molar-refractivity contribution is 7.13. The van der Waals surface area contributed by atoms with E-state index >= 15 is 0 Å². The molecule has 0 radical (unpaired) electrons. The smallest absolute Gasteiger partial charge is 0.408 e. The largest absolute Gasteiger partial charge is 0.444 e. The van der Waals surface area contributed by atoms with Gasteiger partial charge in [0.05, 0.1) is 18.9 Å². The standard InChI is InChI=1S/C31H35N5O6S/c1-31(2,3)42-30(40)34-25(20-7-5-4-6-8-20)28(39)35-16-17-41-19-24(35)27(38)36(29-32-15-18-43-29)23-13-9-21(10-14-23)26(37)33-22-11-12-22/h4-10,13-15,18,22,24-25H,11-12,16-17,19H2,1-3H3,(H,33,37)(H,34,40). The van der Waals surface area contributed by atoms with Gasteiger partial charge in [0, 0.05) is 29.7 Å². The van der Waals surface area contributed by atoms with Gasteiger partial charge in [0.25, 0.3) is 17.7 Å². The van der Waals surface area contributed by atoms with Crippen molar-refractivity contribution >= 4 is 46.0 Å². The van der Waals surface area contributed by atoms with Gasteiger partial charge in [-0.1, -0.05) is 30.3 Å². The summed E-state index contributed by atoms with van der Waals surface area (Å²) in [5.41, 5.74) is 0.757. The summed E-state index contributed by atoms with van der Waals surface area (Å²) in [4.78, 5) is 61.0. The van der Waals surface area contributed by atoms with Crippen LogP contribution in [0.15, 0.2) is 66.2 Å². The Labute approximate surface area is 254 Å². The third-order valence-electron chi connectivity index (χ3n) is 6.87. The van der Waals surface area contributed by atoms with Crippen LogP contribution in [0.2, 0.25) is 0 Å². The van der Waals surface area contributed by atoms with Crippen LogP contribution in [-0.2, 0) is 19.1 Å². The lowest BCUT2D eigenvalue weighted by Crippen LogP contribution is -2.58. The van der Waals surface area contributed by atoms with Crippen LogP contribution >= 0.6 is 11.3 Å². The Morgan fingerprint density at radius 1 is 1.07 bits per heavy atom. The number of hydrogen-bond acceptors (Lipinski definition) is 8. The number of benzene rings is 2. The molecule has 43 heavy (non-hydrogen) atoms. The average Bonchev–Trinajstić information content (AvgIpc) is 3.65. The molecule has 1 saturated heterocycles. The first-order chi connectivity index (χ1) is 20.6. The van der Waals surface area contributed by atoms with Crippen molar-refractivity contribution in [1.82, 2.24) is 20.5 Å². The van der Waals surface area contributed by atoms with E-state index in [0.717, 1.165) is 12.8 Å². The van der Waals surface area contributed by atoms with Gasteiger partial charge in [0.2, 0.25) is 0 Å². The topological polar surface area (TPSA) is 130 Å². The maximum Gasteiger partial charge on any atom is 0.408 e. The Hall–Kier alpha value is -4.29. The van der Waals surface area contributed by atoms with Gasteiger partial charge >= 0.3 is 6.09 Å². The molecular formula is C31H35N5O6S. The number of ether oxygens (including phenoxy) is 2. The number of rotatable bonds is 8. The van der Waals surface area contributed by atoms with Crippen molar-refractivity contribution in [3.05, 3.63) is 77.3 Å². The van der Waals surface area contributed by atoms with Gasteiger partial charge < -0.3 is 25.0 Å². The number of alkyl carbamates (subject to hydrolysis) is 1. The zero-order valence-corrected chi connectivity index (χ0v) is 25.1. The lowest BCUT2D eigenvalue weighted by Gasteiger charge is -2.38. The Morgan fingerprint density at radius 2 is 1.79 bits per heavy atom.